The van der Waals surface area contributed by atoms with E-state index in [1.165, 1.54) is 35.4 Å². The maximum absolute atomic E-state index is 12.9. The highest BCUT2D eigenvalue weighted by Crippen LogP contribution is 2.23. The first kappa shape index (κ1) is 22.2. The van der Waals surface area contributed by atoms with Crippen LogP contribution in [0.15, 0.2) is 48.5 Å². The number of nitrogens with zero attached hydrogens (tertiary/aromatic N) is 2. The molecule has 0 radical (unpaired) electrons. The Labute approximate surface area is 172 Å². The minimum absolute atomic E-state index is 0. The summed E-state index contributed by atoms with van der Waals surface area (Å²) < 4.78 is 18.2. The fraction of sp³-hybridized carbons (Fsp3) is 0.409. The average Bonchev–Trinajstić information content (AvgIpc) is 2.65. The summed E-state index contributed by atoms with van der Waals surface area (Å²) in [7, 11) is 4.14. The fourth-order valence-electron chi connectivity index (χ4n) is 3.47. The number of hydrogen-bond acceptors (Lipinski definition) is 3. The molecule has 0 aromatic heterocycles. The van der Waals surface area contributed by atoms with E-state index in [0.717, 1.165) is 25.8 Å². The molecule has 6 heteroatoms. The summed E-state index contributed by atoms with van der Waals surface area (Å²) in [5.74, 6) is 0.617. The molecule has 0 bridgehead atoms. The molecule has 2 aromatic carbocycles. The van der Waals surface area contributed by atoms with E-state index in [4.69, 9.17) is 4.74 Å². The average molecular weight is 407 g/mol. The maximum atomic E-state index is 12.9. The van der Waals surface area contributed by atoms with Crippen molar-refractivity contribution in [1.29, 1.82) is 0 Å². The second kappa shape index (κ2) is 10.4. The van der Waals surface area contributed by atoms with Crippen LogP contribution in [-0.2, 0) is 13.0 Å². The maximum Gasteiger partial charge on any atom is 0.415 e. The van der Waals surface area contributed by atoms with Crippen LogP contribution in [0.1, 0.15) is 24.0 Å². The van der Waals surface area contributed by atoms with Crippen LogP contribution in [0.2, 0.25) is 0 Å². The highest BCUT2D eigenvalue weighted by molar-refractivity contribution is 5.85. The van der Waals surface area contributed by atoms with Crippen LogP contribution in [0.5, 0.6) is 5.75 Å². The van der Waals surface area contributed by atoms with Gasteiger partial charge in [0.1, 0.15) is 11.6 Å². The van der Waals surface area contributed by atoms with Crippen molar-refractivity contribution in [2.75, 3.05) is 27.2 Å². The Morgan fingerprint density at radius 2 is 1.61 bits per heavy atom. The number of piperidine rings is 1. The van der Waals surface area contributed by atoms with Crippen LogP contribution < -0.4 is 4.74 Å². The SMILES string of the molecule is CN(C)Cc1ccc(CC2CCN(C(=O)Oc3ccc(F)cc3)CC2)cc1.Cl. The Morgan fingerprint density at radius 1 is 1.04 bits per heavy atom. The first-order valence-electron chi connectivity index (χ1n) is 9.44. The van der Waals surface area contributed by atoms with Gasteiger partial charge in [-0.2, -0.15) is 0 Å². The standard InChI is InChI=1S/C22H27FN2O2.ClH/c1-24(2)16-19-5-3-17(4-6-19)15-18-11-13-25(14-12-18)22(26)27-21-9-7-20(23)8-10-21;/h3-10,18H,11-16H2,1-2H3;1H. The highest BCUT2D eigenvalue weighted by atomic mass is 35.5. The van der Waals surface area contributed by atoms with E-state index in [0.29, 0.717) is 24.8 Å². The summed E-state index contributed by atoms with van der Waals surface area (Å²) in [6.07, 6.45) is 2.63. The van der Waals surface area contributed by atoms with Crippen molar-refractivity contribution in [3.63, 3.8) is 0 Å². The molecule has 1 aliphatic heterocycles. The molecule has 0 spiro atoms. The Bertz CT molecular complexity index is 742. The summed E-state index contributed by atoms with van der Waals surface area (Å²) in [6.45, 7) is 2.35. The lowest BCUT2D eigenvalue weighted by Crippen LogP contribution is -2.40. The Morgan fingerprint density at radius 3 is 2.18 bits per heavy atom. The molecule has 0 unspecified atom stereocenters. The van der Waals surface area contributed by atoms with E-state index >= 15 is 0 Å². The van der Waals surface area contributed by atoms with Crippen LogP contribution in [0.25, 0.3) is 0 Å². The number of benzene rings is 2. The summed E-state index contributed by atoms with van der Waals surface area (Å²) in [6, 6.07) is 14.4. The van der Waals surface area contributed by atoms with Gasteiger partial charge in [0.25, 0.3) is 0 Å². The summed E-state index contributed by atoms with van der Waals surface area (Å²) in [5.41, 5.74) is 2.67. The third kappa shape index (κ3) is 6.50. The van der Waals surface area contributed by atoms with Crippen molar-refractivity contribution in [3.8, 4) is 5.75 Å². The van der Waals surface area contributed by atoms with Crippen molar-refractivity contribution in [1.82, 2.24) is 9.80 Å². The van der Waals surface area contributed by atoms with Crippen molar-refractivity contribution in [2.45, 2.75) is 25.8 Å². The van der Waals surface area contributed by atoms with E-state index in [-0.39, 0.29) is 24.3 Å². The first-order chi connectivity index (χ1) is 13.0. The molecule has 3 rings (SSSR count). The predicted octanol–water partition coefficient (Wildman–Crippen LogP) is 4.76. The molecular weight excluding hydrogens is 379 g/mol. The number of amides is 1. The summed E-state index contributed by atoms with van der Waals surface area (Å²) >= 11 is 0. The van der Waals surface area contributed by atoms with Gasteiger partial charge in [0.05, 0.1) is 0 Å². The number of ether oxygens (including phenoxy) is 1. The van der Waals surface area contributed by atoms with E-state index in [9.17, 15) is 9.18 Å². The molecule has 1 saturated heterocycles. The van der Waals surface area contributed by atoms with Gasteiger partial charge in [-0.25, -0.2) is 9.18 Å². The van der Waals surface area contributed by atoms with Gasteiger partial charge >= 0.3 is 6.09 Å². The van der Waals surface area contributed by atoms with Crippen LogP contribution >= 0.6 is 12.4 Å². The first-order valence-corrected chi connectivity index (χ1v) is 9.44. The van der Waals surface area contributed by atoms with Gasteiger partial charge in [-0.3, -0.25) is 0 Å². The lowest BCUT2D eigenvalue weighted by atomic mass is 9.90. The van der Waals surface area contributed by atoms with Crippen molar-refractivity contribution in [2.24, 2.45) is 5.92 Å². The largest absolute Gasteiger partial charge is 0.415 e. The zero-order chi connectivity index (χ0) is 19.2. The molecule has 0 N–H and O–H groups in total. The van der Waals surface area contributed by atoms with E-state index in [2.05, 4.69) is 43.3 Å². The van der Waals surface area contributed by atoms with Gasteiger partial charge < -0.3 is 14.5 Å². The zero-order valence-corrected chi connectivity index (χ0v) is 17.3. The Hall–Kier alpha value is -2.11. The van der Waals surface area contributed by atoms with Crippen molar-refractivity contribution in [3.05, 3.63) is 65.5 Å². The number of carbonyl (C=O) groups excluding carboxylic acids is 1. The predicted molar refractivity (Wildman–Crippen MR) is 112 cm³/mol. The second-order valence-corrected chi connectivity index (χ2v) is 7.51. The third-order valence-corrected chi connectivity index (χ3v) is 4.94. The molecule has 1 fully saturated rings. The van der Waals surface area contributed by atoms with Gasteiger partial charge in [-0.1, -0.05) is 24.3 Å². The van der Waals surface area contributed by atoms with Gasteiger partial charge in [0, 0.05) is 19.6 Å². The van der Waals surface area contributed by atoms with Gasteiger partial charge in [0.15, 0.2) is 0 Å². The second-order valence-electron chi connectivity index (χ2n) is 7.51. The number of likely N-dealkylation sites (tertiary alicyclic amines) is 1. The molecule has 1 amide bonds. The molecule has 2 aromatic rings. The van der Waals surface area contributed by atoms with Crippen LogP contribution in [0.3, 0.4) is 0 Å². The van der Waals surface area contributed by atoms with E-state index < -0.39 is 0 Å². The lowest BCUT2D eigenvalue weighted by molar-refractivity contribution is 0.131. The topological polar surface area (TPSA) is 32.8 Å². The monoisotopic (exact) mass is 406 g/mol. The van der Waals surface area contributed by atoms with E-state index in [1.807, 2.05) is 0 Å². The molecule has 4 nitrogen and oxygen atoms in total. The van der Waals surface area contributed by atoms with Crippen molar-refractivity contribution >= 4 is 18.5 Å². The highest BCUT2D eigenvalue weighted by Gasteiger charge is 2.24. The molecule has 28 heavy (non-hydrogen) atoms. The fourth-order valence-corrected chi connectivity index (χ4v) is 3.47. The quantitative estimate of drug-likeness (QED) is 0.717. The Kier molecular flexibility index (Phi) is 8.27. The smallest absolute Gasteiger partial charge is 0.410 e. The molecule has 1 heterocycles. The molecular formula is C22H28ClFN2O2. The van der Waals surface area contributed by atoms with Crippen LogP contribution in [0.4, 0.5) is 9.18 Å². The van der Waals surface area contributed by atoms with Crippen molar-refractivity contribution < 1.29 is 13.9 Å². The number of hydrogen-bond donors (Lipinski definition) is 0. The van der Waals surface area contributed by atoms with Crippen LogP contribution in [-0.4, -0.2) is 43.1 Å². The third-order valence-electron chi connectivity index (χ3n) is 4.94. The number of halogens is 2. The molecule has 1 aliphatic rings. The normalized spacial score (nSPS) is 14.6. The summed E-state index contributed by atoms with van der Waals surface area (Å²) in [5, 5.41) is 0. The number of carbonyl (C=O) groups is 1. The van der Waals surface area contributed by atoms with Gasteiger partial charge in [0.2, 0.25) is 0 Å². The zero-order valence-electron chi connectivity index (χ0n) is 16.4. The minimum atomic E-state index is -0.354. The molecule has 152 valence electrons. The minimum Gasteiger partial charge on any atom is -0.410 e. The molecule has 0 atom stereocenters. The van der Waals surface area contributed by atoms with E-state index in [1.54, 1.807) is 4.90 Å². The van der Waals surface area contributed by atoms with Crippen LogP contribution in [0, 0.1) is 11.7 Å². The van der Waals surface area contributed by atoms with Gasteiger partial charge in [-0.15, -0.1) is 12.4 Å². The Balaban J connectivity index is 0.00000280. The van der Waals surface area contributed by atoms with Gasteiger partial charge in [-0.05, 0) is 74.7 Å². The molecule has 0 saturated carbocycles. The number of rotatable bonds is 5. The molecule has 0 aliphatic carbocycles. The summed E-state index contributed by atoms with van der Waals surface area (Å²) in [4.78, 5) is 16.1. The lowest BCUT2D eigenvalue weighted by Gasteiger charge is -2.31.